The number of nitrogens with zero attached hydrogens (tertiary/aromatic N) is 2. The Hall–Kier alpha value is -2.83. The molecular weight excluding hydrogens is 292 g/mol. The minimum atomic E-state index is -0.266. The molecular formula is C16H22N6O. The Labute approximate surface area is 135 Å². The average molecular weight is 314 g/mol. The molecule has 0 saturated carbocycles. The van der Waals surface area contributed by atoms with E-state index < -0.39 is 0 Å². The number of aromatic nitrogens is 2. The van der Waals surface area contributed by atoms with Gasteiger partial charge in [-0.25, -0.2) is 9.97 Å². The zero-order valence-electron chi connectivity index (χ0n) is 13.3. The number of carbonyl (C=O) groups excluding carboxylic acids is 1. The topological polar surface area (TPSA) is 105 Å². The van der Waals surface area contributed by atoms with Gasteiger partial charge in [-0.3, -0.25) is 15.6 Å². The molecule has 0 saturated heterocycles. The maximum absolute atomic E-state index is 12.0. The Morgan fingerprint density at radius 3 is 2.57 bits per heavy atom. The number of nitrogens with two attached hydrogens (primary N) is 1. The fourth-order valence-electron chi connectivity index (χ4n) is 1.89. The van der Waals surface area contributed by atoms with Gasteiger partial charge >= 0.3 is 0 Å². The van der Waals surface area contributed by atoms with E-state index in [9.17, 15) is 4.79 Å². The number of anilines is 3. The van der Waals surface area contributed by atoms with Gasteiger partial charge in [0, 0.05) is 12.1 Å². The number of rotatable bonds is 7. The van der Waals surface area contributed by atoms with Gasteiger partial charge in [-0.05, 0) is 24.5 Å². The van der Waals surface area contributed by atoms with Crippen molar-refractivity contribution in [3.63, 3.8) is 0 Å². The first kappa shape index (κ1) is 16.5. The molecule has 2 aromatic rings. The summed E-state index contributed by atoms with van der Waals surface area (Å²) in [5.41, 5.74) is 12.2. The van der Waals surface area contributed by atoms with Gasteiger partial charge in [0.1, 0.15) is 12.0 Å². The monoisotopic (exact) mass is 314 g/mol. The summed E-state index contributed by atoms with van der Waals surface area (Å²) in [5.74, 6) is 1.24. The van der Waals surface area contributed by atoms with Gasteiger partial charge in [-0.1, -0.05) is 32.0 Å². The van der Waals surface area contributed by atoms with Crippen molar-refractivity contribution in [2.45, 2.75) is 20.3 Å². The minimum absolute atomic E-state index is 0.266. The van der Waals surface area contributed by atoms with Crippen LogP contribution in [0, 0.1) is 5.92 Å². The van der Waals surface area contributed by atoms with Crippen LogP contribution in [0.5, 0.6) is 0 Å². The lowest BCUT2D eigenvalue weighted by Crippen LogP contribution is -2.30. The van der Waals surface area contributed by atoms with E-state index in [2.05, 4.69) is 40.0 Å². The first-order valence-corrected chi connectivity index (χ1v) is 7.53. The minimum Gasteiger partial charge on any atom is -0.393 e. The molecule has 1 amide bonds. The molecule has 7 heteroatoms. The molecule has 0 bridgehead atoms. The van der Waals surface area contributed by atoms with E-state index in [4.69, 9.17) is 5.73 Å². The molecule has 122 valence electrons. The van der Waals surface area contributed by atoms with E-state index in [1.807, 2.05) is 6.07 Å². The van der Waals surface area contributed by atoms with Crippen molar-refractivity contribution >= 4 is 23.2 Å². The van der Waals surface area contributed by atoms with Crippen molar-refractivity contribution in [2.75, 3.05) is 23.0 Å². The predicted molar refractivity (Wildman–Crippen MR) is 91.9 cm³/mol. The predicted octanol–water partition coefficient (Wildman–Crippen LogP) is 2.27. The first-order valence-electron chi connectivity index (χ1n) is 7.53. The third-order valence-electron chi connectivity index (χ3n) is 3.23. The van der Waals surface area contributed by atoms with Gasteiger partial charge in [0.15, 0.2) is 11.6 Å². The number of hydrazine groups is 1. The largest absolute Gasteiger partial charge is 0.393 e. The second kappa shape index (κ2) is 7.98. The van der Waals surface area contributed by atoms with Crippen LogP contribution < -0.4 is 21.9 Å². The van der Waals surface area contributed by atoms with Crippen LogP contribution in [0.1, 0.15) is 30.6 Å². The van der Waals surface area contributed by atoms with Gasteiger partial charge in [0.25, 0.3) is 5.91 Å². The Morgan fingerprint density at radius 1 is 1.17 bits per heavy atom. The van der Waals surface area contributed by atoms with Gasteiger partial charge in [0.05, 0.1) is 0 Å². The van der Waals surface area contributed by atoms with Crippen molar-refractivity contribution in [3.8, 4) is 0 Å². The Balaban J connectivity index is 1.96. The van der Waals surface area contributed by atoms with Crippen molar-refractivity contribution in [1.29, 1.82) is 0 Å². The van der Waals surface area contributed by atoms with Gasteiger partial charge in [-0.15, -0.1) is 0 Å². The van der Waals surface area contributed by atoms with E-state index >= 15 is 0 Å². The second-order valence-electron chi connectivity index (χ2n) is 5.54. The highest BCUT2D eigenvalue weighted by molar-refractivity contribution is 5.95. The van der Waals surface area contributed by atoms with Crippen LogP contribution in [-0.4, -0.2) is 22.4 Å². The maximum atomic E-state index is 12.0. The molecule has 5 N–H and O–H groups in total. The number of hydrogen-bond acceptors (Lipinski definition) is 6. The SMILES string of the molecule is CC(C)CCNc1ncnc(NNC(=O)c2ccccc2)c1N. The molecule has 1 aromatic carbocycles. The molecule has 1 heterocycles. The van der Waals surface area contributed by atoms with Crippen molar-refractivity contribution in [3.05, 3.63) is 42.2 Å². The molecule has 23 heavy (non-hydrogen) atoms. The van der Waals surface area contributed by atoms with Crippen LogP contribution in [0.3, 0.4) is 0 Å². The van der Waals surface area contributed by atoms with Gasteiger partial charge in [-0.2, -0.15) is 0 Å². The fourth-order valence-corrected chi connectivity index (χ4v) is 1.89. The number of nitrogens with one attached hydrogen (secondary N) is 3. The van der Waals surface area contributed by atoms with Crippen molar-refractivity contribution in [2.24, 2.45) is 5.92 Å². The average Bonchev–Trinajstić information content (AvgIpc) is 2.55. The van der Waals surface area contributed by atoms with Gasteiger partial charge in [0.2, 0.25) is 0 Å². The van der Waals surface area contributed by atoms with Crippen LogP contribution >= 0.6 is 0 Å². The highest BCUT2D eigenvalue weighted by Gasteiger charge is 2.09. The normalized spacial score (nSPS) is 10.4. The molecule has 0 aliphatic heterocycles. The van der Waals surface area contributed by atoms with E-state index in [1.54, 1.807) is 24.3 Å². The third kappa shape index (κ3) is 4.84. The molecule has 0 spiro atoms. The Morgan fingerprint density at radius 2 is 1.87 bits per heavy atom. The quantitative estimate of drug-likeness (QED) is 0.584. The molecule has 0 aliphatic carbocycles. The number of hydrogen-bond donors (Lipinski definition) is 4. The fraction of sp³-hybridized carbons (Fsp3) is 0.312. The lowest BCUT2D eigenvalue weighted by atomic mass is 10.1. The molecule has 7 nitrogen and oxygen atoms in total. The number of nitrogen functional groups attached to an aromatic ring is 1. The molecule has 2 rings (SSSR count). The summed E-state index contributed by atoms with van der Waals surface area (Å²) >= 11 is 0. The lowest BCUT2D eigenvalue weighted by molar-refractivity contribution is 0.0962. The second-order valence-corrected chi connectivity index (χ2v) is 5.54. The third-order valence-corrected chi connectivity index (χ3v) is 3.23. The Kier molecular flexibility index (Phi) is 5.74. The standard InChI is InChI=1S/C16H22N6O/c1-11(2)8-9-18-14-13(17)15(20-10-19-14)21-22-16(23)12-6-4-3-5-7-12/h3-7,10-11H,8-9,17H2,1-2H3,(H,22,23)(H2,18,19,20,21). The molecule has 0 unspecified atom stereocenters. The summed E-state index contributed by atoms with van der Waals surface area (Å²) in [4.78, 5) is 20.2. The van der Waals surface area contributed by atoms with Crippen LogP contribution in [0.2, 0.25) is 0 Å². The zero-order chi connectivity index (χ0) is 16.7. The smallest absolute Gasteiger partial charge is 0.269 e. The summed E-state index contributed by atoms with van der Waals surface area (Å²) in [6.07, 6.45) is 2.40. The summed E-state index contributed by atoms with van der Waals surface area (Å²) < 4.78 is 0. The lowest BCUT2D eigenvalue weighted by Gasteiger charge is -2.13. The molecule has 0 fully saturated rings. The summed E-state index contributed by atoms with van der Waals surface area (Å²) in [5, 5.41) is 3.18. The summed E-state index contributed by atoms with van der Waals surface area (Å²) in [6.45, 7) is 5.07. The van der Waals surface area contributed by atoms with E-state index in [0.29, 0.717) is 28.8 Å². The van der Waals surface area contributed by atoms with Crippen molar-refractivity contribution in [1.82, 2.24) is 15.4 Å². The highest BCUT2D eigenvalue weighted by atomic mass is 16.2. The van der Waals surface area contributed by atoms with Crippen LogP contribution in [0.4, 0.5) is 17.3 Å². The van der Waals surface area contributed by atoms with E-state index in [-0.39, 0.29) is 5.91 Å². The number of carbonyl (C=O) groups is 1. The summed E-state index contributed by atoms with van der Waals surface area (Å²) in [6, 6.07) is 8.88. The molecule has 0 radical (unpaired) electrons. The molecule has 1 aromatic heterocycles. The van der Waals surface area contributed by atoms with Crippen LogP contribution in [0.25, 0.3) is 0 Å². The molecule has 0 atom stereocenters. The number of benzene rings is 1. The molecule has 0 aliphatic rings. The number of amides is 1. The van der Waals surface area contributed by atoms with E-state index in [1.165, 1.54) is 6.33 Å². The Bertz CT molecular complexity index is 644. The van der Waals surface area contributed by atoms with Crippen molar-refractivity contribution < 1.29 is 4.79 Å². The maximum Gasteiger partial charge on any atom is 0.269 e. The van der Waals surface area contributed by atoms with Crippen LogP contribution in [0.15, 0.2) is 36.7 Å². The zero-order valence-corrected chi connectivity index (χ0v) is 13.3. The van der Waals surface area contributed by atoms with Crippen LogP contribution in [-0.2, 0) is 0 Å². The summed E-state index contributed by atoms with van der Waals surface area (Å²) in [7, 11) is 0. The first-order chi connectivity index (χ1) is 11.1. The highest BCUT2D eigenvalue weighted by Crippen LogP contribution is 2.21. The van der Waals surface area contributed by atoms with E-state index in [0.717, 1.165) is 13.0 Å². The van der Waals surface area contributed by atoms with Gasteiger partial charge < -0.3 is 11.1 Å².